The summed E-state index contributed by atoms with van der Waals surface area (Å²) in [6, 6.07) is 15.6. The smallest absolute Gasteiger partial charge is 0.253 e. The number of nitrogens with one attached hydrogen (secondary N) is 2. The monoisotopic (exact) mass is 282 g/mol. The van der Waals surface area contributed by atoms with Crippen LogP contribution in [0.15, 0.2) is 48.5 Å². The number of benzene rings is 2. The molecule has 0 aliphatic carbocycles. The predicted molar refractivity (Wildman–Crippen MR) is 88.1 cm³/mol. The third-order valence-electron chi connectivity index (χ3n) is 3.07. The van der Waals surface area contributed by atoms with E-state index in [-0.39, 0.29) is 11.4 Å². The van der Waals surface area contributed by atoms with Crippen molar-refractivity contribution in [2.45, 2.75) is 33.2 Å². The number of anilines is 2. The van der Waals surface area contributed by atoms with E-state index >= 15 is 0 Å². The van der Waals surface area contributed by atoms with E-state index in [4.69, 9.17) is 0 Å². The predicted octanol–water partition coefficient (Wildman–Crippen LogP) is 4.27. The number of hydrogen-bond donors (Lipinski definition) is 2. The molecule has 0 fully saturated rings. The van der Waals surface area contributed by atoms with Crippen molar-refractivity contribution in [1.82, 2.24) is 5.32 Å². The van der Waals surface area contributed by atoms with Gasteiger partial charge < -0.3 is 10.6 Å². The highest BCUT2D eigenvalue weighted by Crippen LogP contribution is 2.23. The molecular weight excluding hydrogens is 260 g/mol. The third-order valence-corrected chi connectivity index (χ3v) is 3.07. The molecule has 0 aliphatic heterocycles. The van der Waals surface area contributed by atoms with Gasteiger partial charge in [-0.25, -0.2) is 0 Å². The van der Waals surface area contributed by atoms with Crippen LogP contribution in [-0.2, 0) is 0 Å². The first-order valence-corrected chi connectivity index (χ1v) is 7.11. The number of hydrogen-bond acceptors (Lipinski definition) is 2. The Morgan fingerprint density at radius 3 is 2.10 bits per heavy atom. The lowest BCUT2D eigenvalue weighted by Crippen LogP contribution is -2.40. The highest BCUT2D eigenvalue weighted by atomic mass is 16.1. The summed E-state index contributed by atoms with van der Waals surface area (Å²) in [5.74, 6) is -0.0702. The number of rotatable bonds is 3. The molecule has 2 N–H and O–H groups in total. The first-order chi connectivity index (χ1) is 9.87. The van der Waals surface area contributed by atoms with Gasteiger partial charge in [0, 0.05) is 11.2 Å². The van der Waals surface area contributed by atoms with Crippen molar-refractivity contribution in [2.75, 3.05) is 5.32 Å². The topological polar surface area (TPSA) is 41.1 Å². The molecule has 2 rings (SSSR count). The maximum Gasteiger partial charge on any atom is 0.253 e. The van der Waals surface area contributed by atoms with E-state index in [9.17, 15) is 4.79 Å². The Balaban J connectivity index is 2.29. The van der Waals surface area contributed by atoms with Crippen molar-refractivity contribution in [2.24, 2.45) is 0 Å². The molecule has 2 aromatic carbocycles. The SMILES string of the molecule is Cc1ccccc1Nc1ccccc1C(=O)NC(C)(C)C. The Morgan fingerprint density at radius 1 is 0.905 bits per heavy atom. The Bertz CT molecular complexity index is 642. The molecule has 1 amide bonds. The van der Waals surface area contributed by atoms with Crippen LogP contribution in [0.3, 0.4) is 0 Å². The lowest BCUT2D eigenvalue weighted by Gasteiger charge is -2.22. The standard InChI is InChI=1S/C18H22N2O/c1-13-9-5-7-11-15(13)19-16-12-8-6-10-14(16)17(21)20-18(2,3)4/h5-12,19H,1-4H3,(H,20,21). The molecule has 0 aromatic heterocycles. The normalized spacial score (nSPS) is 11.0. The molecule has 0 saturated carbocycles. The number of para-hydroxylation sites is 2. The Hall–Kier alpha value is -2.29. The number of carbonyl (C=O) groups is 1. The van der Waals surface area contributed by atoms with Gasteiger partial charge in [0.1, 0.15) is 0 Å². The van der Waals surface area contributed by atoms with Crippen LogP contribution in [0.4, 0.5) is 11.4 Å². The van der Waals surface area contributed by atoms with Gasteiger partial charge in [-0.2, -0.15) is 0 Å². The zero-order chi connectivity index (χ0) is 15.5. The average molecular weight is 282 g/mol. The van der Waals surface area contributed by atoms with Crippen LogP contribution in [0.25, 0.3) is 0 Å². The maximum absolute atomic E-state index is 12.4. The second kappa shape index (κ2) is 6.00. The van der Waals surface area contributed by atoms with Crippen LogP contribution in [0.5, 0.6) is 0 Å². The summed E-state index contributed by atoms with van der Waals surface area (Å²) in [7, 11) is 0. The van der Waals surface area contributed by atoms with Gasteiger partial charge in [-0.15, -0.1) is 0 Å². The van der Waals surface area contributed by atoms with E-state index in [1.165, 1.54) is 0 Å². The highest BCUT2D eigenvalue weighted by Gasteiger charge is 2.17. The van der Waals surface area contributed by atoms with Gasteiger partial charge in [0.05, 0.1) is 11.3 Å². The van der Waals surface area contributed by atoms with Crippen LogP contribution in [-0.4, -0.2) is 11.4 Å². The maximum atomic E-state index is 12.4. The van der Waals surface area contributed by atoms with E-state index < -0.39 is 0 Å². The zero-order valence-electron chi connectivity index (χ0n) is 13.0. The van der Waals surface area contributed by atoms with Crippen LogP contribution in [0.1, 0.15) is 36.7 Å². The minimum absolute atomic E-state index is 0.0702. The summed E-state index contributed by atoms with van der Waals surface area (Å²) in [6.07, 6.45) is 0. The number of carbonyl (C=O) groups excluding carboxylic acids is 1. The number of aryl methyl sites for hydroxylation is 1. The molecule has 3 nitrogen and oxygen atoms in total. The third kappa shape index (κ3) is 4.09. The fourth-order valence-electron chi connectivity index (χ4n) is 2.06. The van der Waals surface area contributed by atoms with Crippen molar-refractivity contribution in [3.05, 3.63) is 59.7 Å². The van der Waals surface area contributed by atoms with E-state index in [0.717, 1.165) is 16.9 Å². The van der Waals surface area contributed by atoms with Gasteiger partial charge in [-0.05, 0) is 51.5 Å². The van der Waals surface area contributed by atoms with E-state index in [2.05, 4.69) is 10.6 Å². The Labute approximate surface area is 126 Å². The zero-order valence-corrected chi connectivity index (χ0v) is 13.0. The Morgan fingerprint density at radius 2 is 1.48 bits per heavy atom. The van der Waals surface area contributed by atoms with Gasteiger partial charge in [-0.3, -0.25) is 4.79 Å². The largest absolute Gasteiger partial charge is 0.355 e. The summed E-state index contributed by atoms with van der Waals surface area (Å²) in [5, 5.41) is 6.34. The fourth-order valence-corrected chi connectivity index (χ4v) is 2.06. The van der Waals surface area contributed by atoms with Crippen molar-refractivity contribution < 1.29 is 4.79 Å². The van der Waals surface area contributed by atoms with Crippen molar-refractivity contribution in [1.29, 1.82) is 0 Å². The van der Waals surface area contributed by atoms with Crippen LogP contribution in [0.2, 0.25) is 0 Å². The highest BCUT2D eigenvalue weighted by molar-refractivity contribution is 6.00. The molecule has 0 saturated heterocycles. The minimum atomic E-state index is -0.257. The summed E-state index contributed by atoms with van der Waals surface area (Å²) >= 11 is 0. The fraction of sp³-hybridized carbons (Fsp3) is 0.278. The second-order valence-electron chi connectivity index (χ2n) is 6.19. The summed E-state index contributed by atoms with van der Waals surface area (Å²) < 4.78 is 0. The quantitative estimate of drug-likeness (QED) is 0.882. The van der Waals surface area contributed by atoms with Crippen molar-refractivity contribution >= 4 is 17.3 Å². The Kier molecular flexibility index (Phi) is 4.32. The van der Waals surface area contributed by atoms with Gasteiger partial charge in [0.15, 0.2) is 0 Å². The van der Waals surface area contributed by atoms with Gasteiger partial charge in [-0.1, -0.05) is 30.3 Å². The summed E-state index contributed by atoms with van der Waals surface area (Å²) in [6.45, 7) is 7.97. The molecule has 2 aromatic rings. The molecule has 3 heteroatoms. The molecule has 0 atom stereocenters. The minimum Gasteiger partial charge on any atom is -0.355 e. The van der Waals surface area contributed by atoms with Crippen LogP contribution in [0, 0.1) is 6.92 Å². The number of amides is 1. The summed E-state index contributed by atoms with van der Waals surface area (Å²) in [4.78, 5) is 12.4. The van der Waals surface area contributed by atoms with E-state index in [1.807, 2.05) is 76.2 Å². The molecule has 0 aliphatic rings. The molecule has 0 bridgehead atoms. The van der Waals surface area contributed by atoms with Crippen molar-refractivity contribution in [3.63, 3.8) is 0 Å². The molecule has 0 spiro atoms. The molecule has 21 heavy (non-hydrogen) atoms. The lowest BCUT2D eigenvalue weighted by atomic mass is 10.1. The van der Waals surface area contributed by atoms with Crippen molar-refractivity contribution in [3.8, 4) is 0 Å². The first-order valence-electron chi connectivity index (χ1n) is 7.11. The average Bonchev–Trinajstić information content (AvgIpc) is 2.40. The first kappa shape index (κ1) is 15.1. The second-order valence-corrected chi connectivity index (χ2v) is 6.19. The molecular formula is C18H22N2O. The molecule has 0 unspecified atom stereocenters. The molecule has 0 radical (unpaired) electrons. The van der Waals surface area contributed by atoms with E-state index in [0.29, 0.717) is 5.56 Å². The molecule has 0 heterocycles. The van der Waals surface area contributed by atoms with E-state index in [1.54, 1.807) is 0 Å². The van der Waals surface area contributed by atoms with Crippen LogP contribution >= 0.6 is 0 Å². The summed E-state index contributed by atoms with van der Waals surface area (Å²) in [5.41, 5.74) is 3.36. The van der Waals surface area contributed by atoms with Crippen LogP contribution < -0.4 is 10.6 Å². The van der Waals surface area contributed by atoms with Gasteiger partial charge >= 0.3 is 0 Å². The molecule has 110 valence electrons. The van der Waals surface area contributed by atoms with Gasteiger partial charge in [0.25, 0.3) is 5.91 Å². The lowest BCUT2D eigenvalue weighted by molar-refractivity contribution is 0.0920. The van der Waals surface area contributed by atoms with Gasteiger partial charge in [0.2, 0.25) is 0 Å².